The minimum absolute atomic E-state index is 0.0259. The maximum Gasteiger partial charge on any atom is 0.345 e. The minimum Gasteiger partial charge on any atom is -0.478 e. The van der Waals surface area contributed by atoms with Gasteiger partial charge in [0.15, 0.2) is 11.8 Å². The van der Waals surface area contributed by atoms with Crippen LogP contribution in [-0.2, 0) is 15.1 Å². The molecule has 3 aliphatic rings. The van der Waals surface area contributed by atoms with Crippen molar-refractivity contribution in [3.63, 3.8) is 0 Å². The molecule has 0 spiro atoms. The molecule has 1 saturated carbocycles. The molecule has 1 heterocycles. The molecule has 214 valence electrons. The highest BCUT2D eigenvalue weighted by Gasteiger charge is 2.52. The van der Waals surface area contributed by atoms with Crippen LogP contribution in [0.15, 0.2) is 60.2 Å². The Labute approximate surface area is 234 Å². The molecule has 5 rings (SSSR count). The quantitative estimate of drug-likeness (QED) is 0.371. The number of benzene rings is 2. The minimum atomic E-state index is -3.27. The second kappa shape index (κ2) is 11.5. The number of primary amides is 1. The molecule has 0 radical (unpaired) electrons. The van der Waals surface area contributed by atoms with E-state index in [9.17, 15) is 23.8 Å². The zero-order valence-corrected chi connectivity index (χ0v) is 22.2. The number of amides is 1. The second-order valence-corrected chi connectivity index (χ2v) is 10.7. The number of carbonyl (C=O) groups is 1. The largest absolute Gasteiger partial charge is 0.478 e. The molecular formula is C29H30ClF3N2O5. The maximum atomic E-state index is 15.9. The lowest BCUT2D eigenvalue weighted by atomic mass is 9.80. The van der Waals surface area contributed by atoms with Crippen LogP contribution in [0.5, 0.6) is 5.75 Å². The van der Waals surface area contributed by atoms with Gasteiger partial charge < -0.3 is 30.7 Å². The first-order valence-corrected chi connectivity index (χ1v) is 13.5. The van der Waals surface area contributed by atoms with Crippen molar-refractivity contribution in [2.24, 2.45) is 5.73 Å². The zero-order chi connectivity index (χ0) is 28.6. The van der Waals surface area contributed by atoms with E-state index >= 15 is 4.39 Å². The Hall–Kier alpha value is -2.89. The molecule has 4 atom stereocenters. The van der Waals surface area contributed by atoms with Crippen LogP contribution in [0.4, 0.5) is 13.2 Å². The summed E-state index contributed by atoms with van der Waals surface area (Å²) in [5.74, 6) is -0.803. The lowest BCUT2D eigenvalue weighted by Crippen LogP contribution is -2.48. The van der Waals surface area contributed by atoms with E-state index in [0.717, 1.165) is 25.0 Å². The number of ether oxygens (including phenoxy) is 2. The number of nitrogens with one attached hydrogen (secondary N) is 1. The summed E-state index contributed by atoms with van der Waals surface area (Å²) in [7, 11) is 0. The number of carbonyl (C=O) groups excluding carboxylic acids is 1. The molecule has 1 fully saturated rings. The van der Waals surface area contributed by atoms with E-state index in [-0.39, 0.29) is 51.7 Å². The third-order valence-corrected chi connectivity index (χ3v) is 8.19. The number of halogens is 4. The number of aliphatic hydroxyl groups excluding tert-OH is 2. The van der Waals surface area contributed by atoms with Gasteiger partial charge >= 0.3 is 6.61 Å². The first-order valence-electron chi connectivity index (χ1n) is 13.1. The molecule has 5 N–H and O–H groups in total. The number of rotatable bonds is 8. The van der Waals surface area contributed by atoms with Gasteiger partial charge in [-0.3, -0.25) is 4.79 Å². The van der Waals surface area contributed by atoms with Gasteiger partial charge in [-0.15, -0.1) is 0 Å². The summed E-state index contributed by atoms with van der Waals surface area (Å²) in [4.78, 5) is 12.3. The van der Waals surface area contributed by atoms with Gasteiger partial charge in [-0.2, -0.15) is 8.78 Å². The van der Waals surface area contributed by atoms with Crippen LogP contribution in [-0.4, -0.2) is 53.7 Å². The van der Waals surface area contributed by atoms with Gasteiger partial charge in [0.05, 0.1) is 6.10 Å². The summed E-state index contributed by atoms with van der Waals surface area (Å²) in [5, 5.41) is 25.3. The highest BCUT2D eigenvalue weighted by Crippen LogP contribution is 2.54. The normalized spacial score (nSPS) is 29.9. The summed E-state index contributed by atoms with van der Waals surface area (Å²) in [6.07, 6.45) is -0.797. The SMILES string of the molecule is NC(=O)C1=C(c2c(Cl)ccc3c2[C@H](O)[C@@](CN[C@H]2CC[C@H](O)CC2)(c2ccccc2)O3)C(F)[C@@H](OC(F)F)C=C1. The van der Waals surface area contributed by atoms with Gasteiger partial charge in [0.25, 0.3) is 0 Å². The van der Waals surface area contributed by atoms with Crippen molar-refractivity contribution in [2.45, 2.75) is 68.4 Å². The fraction of sp³-hybridized carbons (Fsp3) is 0.414. The summed E-state index contributed by atoms with van der Waals surface area (Å²) >= 11 is 6.57. The number of alkyl halides is 3. The fourth-order valence-corrected chi connectivity index (χ4v) is 6.12. The topological polar surface area (TPSA) is 114 Å². The van der Waals surface area contributed by atoms with Gasteiger partial charge in [-0.25, -0.2) is 4.39 Å². The molecule has 2 aromatic carbocycles. The number of fused-ring (bicyclic) bond motifs is 1. The molecule has 2 aromatic rings. The molecule has 1 unspecified atom stereocenters. The third kappa shape index (κ3) is 5.26. The zero-order valence-electron chi connectivity index (χ0n) is 21.4. The Balaban J connectivity index is 1.60. The highest BCUT2D eigenvalue weighted by molar-refractivity contribution is 6.33. The van der Waals surface area contributed by atoms with Gasteiger partial charge in [0, 0.05) is 39.9 Å². The molecule has 40 heavy (non-hydrogen) atoms. The van der Waals surface area contributed by atoms with Gasteiger partial charge in [-0.1, -0.05) is 54.1 Å². The molecule has 11 heteroatoms. The number of nitrogens with two attached hydrogens (primary N) is 1. The van der Waals surface area contributed by atoms with Crippen LogP contribution in [0.25, 0.3) is 5.57 Å². The van der Waals surface area contributed by atoms with Crippen molar-refractivity contribution in [2.75, 3.05) is 6.54 Å². The molecule has 0 bridgehead atoms. The standard InChI is InChI=1S/C29H30ClF3N2O5/c30-19-11-13-20-24(23(19)22-18(27(34)38)10-12-21(25(22)31)39-28(32)33)26(37)29(40-20,15-4-2-1-3-5-15)14-35-16-6-8-17(36)9-7-16/h1-5,10-13,16-17,21,25-26,28,35-37H,6-9,14H2,(H2,34,38)/t16-,17-,21-,25?,26-,29+/m0/s1. The van der Waals surface area contributed by atoms with E-state index in [1.54, 1.807) is 24.3 Å². The van der Waals surface area contributed by atoms with Gasteiger partial charge in [0.2, 0.25) is 5.91 Å². The molecule has 7 nitrogen and oxygen atoms in total. The first-order chi connectivity index (χ1) is 19.1. The summed E-state index contributed by atoms with van der Waals surface area (Å²) in [6, 6.07) is 12.0. The predicted octanol–water partition coefficient (Wildman–Crippen LogP) is 4.31. The summed E-state index contributed by atoms with van der Waals surface area (Å²) < 4.78 is 52.9. The van der Waals surface area contributed by atoms with Crippen molar-refractivity contribution in [3.8, 4) is 5.75 Å². The molecule has 0 saturated heterocycles. The van der Waals surface area contributed by atoms with Crippen LogP contribution in [0.1, 0.15) is 48.5 Å². The van der Waals surface area contributed by atoms with E-state index in [0.29, 0.717) is 18.4 Å². The molecule has 2 aliphatic carbocycles. The monoisotopic (exact) mass is 578 g/mol. The smallest absolute Gasteiger partial charge is 0.345 e. The Bertz CT molecular complexity index is 1320. The molecular weight excluding hydrogens is 549 g/mol. The fourth-order valence-electron chi connectivity index (χ4n) is 5.85. The first kappa shape index (κ1) is 28.6. The average Bonchev–Trinajstić information content (AvgIpc) is 3.22. The summed E-state index contributed by atoms with van der Waals surface area (Å²) in [5.41, 5.74) is 4.23. The lowest BCUT2D eigenvalue weighted by molar-refractivity contribution is -0.159. The number of hydrogen-bond donors (Lipinski definition) is 4. The van der Waals surface area contributed by atoms with Crippen LogP contribution < -0.4 is 15.8 Å². The van der Waals surface area contributed by atoms with Gasteiger partial charge in [0.1, 0.15) is 18.0 Å². The molecule has 1 amide bonds. The maximum absolute atomic E-state index is 15.9. The Morgan fingerprint density at radius 2 is 1.85 bits per heavy atom. The van der Waals surface area contributed by atoms with Crippen LogP contribution >= 0.6 is 11.6 Å². The highest BCUT2D eigenvalue weighted by atomic mass is 35.5. The second-order valence-electron chi connectivity index (χ2n) is 10.3. The average molecular weight is 579 g/mol. The summed E-state index contributed by atoms with van der Waals surface area (Å²) in [6.45, 7) is -3.12. The van der Waals surface area contributed by atoms with E-state index in [2.05, 4.69) is 10.1 Å². The van der Waals surface area contributed by atoms with E-state index in [1.807, 2.05) is 6.07 Å². The number of hydrogen-bond acceptors (Lipinski definition) is 6. The molecule has 1 aliphatic heterocycles. The lowest BCUT2D eigenvalue weighted by Gasteiger charge is -2.36. The van der Waals surface area contributed by atoms with E-state index in [4.69, 9.17) is 22.1 Å². The predicted molar refractivity (Wildman–Crippen MR) is 142 cm³/mol. The van der Waals surface area contributed by atoms with Crippen molar-refractivity contribution in [3.05, 3.63) is 81.9 Å². The molecule has 0 aromatic heterocycles. The Kier molecular flexibility index (Phi) is 8.26. The van der Waals surface area contributed by atoms with E-state index < -0.39 is 36.5 Å². The van der Waals surface area contributed by atoms with E-state index in [1.165, 1.54) is 12.1 Å². The Morgan fingerprint density at radius 1 is 1.15 bits per heavy atom. The van der Waals surface area contributed by atoms with Crippen molar-refractivity contribution >= 4 is 23.1 Å². The van der Waals surface area contributed by atoms with Crippen LogP contribution in [0.3, 0.4) is 0 Å². The van der Waals surface area contributed by atoms with Crippen LogP contribution in [0.2, 0.25) is 5.02 Å². The van der Waals surface area contributed by atoms with Crippen LogP contribution in [0, 0.1) is 0 Å². The van der Waals surface area contributed by atoms with Gasteiger partial charge in [-0.05, 0) is 43.4 Å². The number of aliphatic hydroxyl groups is 2. The van der Waals surface area contributed by atoms with Crippen molar-refractivity contribution in [1.29, 1.82) is 0 Å². The van der Waals surface area contributed by atoms with Crippen molar-refractivity contribution < 1.29 is 37.7 Å². The third-order valence-electron chi connectivity index (χ3n) is 7.88. The van der Waals surface area contributed by atoms with Crippen molar-refractivity contribution in [1.82, 2.24) is 5.32 Å². The Morgan fingerprint density at radius 3 is 2.50 bits per heavy atom.